The lowest BCUT2D eigenvalue weighted by Gasteiger charge is -2.15. The van der Waals surface area contributed by atoms with Crippen LogP contribution in [-0.2, 0) is 11.3 Å². The first-order chi connectivity index (χ1) is 16.4. The van der Waals surface area contributed by atoms with Crippen LogP contribution in [0.1, 0.15) is 21.6 Å². The highest BCUT2D eigenvalue weighted by molar-refractivity contribution is 6.10. The molecule has 8 nitrogen and oxygen atoms in total. The van der Waals surface area contributed by atoms with Gasteiger partial charge in [-0.2, -0.15) is 0 Å². The fourth-order valence-corrected chi connectivity index (χ4v) is 3.64. The van der Waals surface area contributed by atoms with Crippen molar-refractivity contribution >= 4 is 28.4 Å². The van der Waals surface area contributed by atoms with E-state index in [4.69, 9.17) is 9.47 Å². The third-order valence-electron chi connectivity index (χ3n) is 5.34. The standard InChI is InChI=1S/C26H23N3O5/c1-16-9-11-19-25(32)20(24(31)17-7-5-4-6-8-17)14-29(26(19)27-16)15-23(30)28-21-13-18(33-2)10-12-22(21)34-3/h4-14H,15H2,1-3H3,(H,28,30). The molecule has 0 spiro atoms. The summed E-state index contributed by atoms with van der Waals surface area (Å²) in [4.78, 5) is 43.7. The molecule has 0 atom stereocenters. The summed E-state index contributed by atoms with van der Waals surface area (Å²) in [5.74, 6) is 0.209. The van der Waals surface area contributed by atoms with E-state index < -0.39 is 17.1 Å². The van der Waals surface area contributed by atoms with Gasteiger partial charge < -0.3 is 19.4 Å². The topological polar surface area (TPSA) is 99.5 Å². The third kappa shape index (κ3) is 4.52. The van der Waals surface area contributed by atoms with Crippen LogP contribution < -0.4 is 20.2 Å². The number of hydrogen-bond donors (Lipinski definition) is 1. The van der Waals surface area contributed by atoms with Crippen molar-refractivity contribution in [3.8, 4) is 11.5 Å². The molecule has 0 saturated carbocycles. The van der Waals surface area contributed by atoms with Crippen LogP contribution in [0, 0.1) is 6.92 Å². The van der Waals surface area contributed by atoms with Gasteiger partial charge in [-0.15, -0.1) is 0 Å². The van der Waals surface area contributed by atoms with Crippen LogP contribution in [0.4, 0.5) is 5.69 Å². The maximum absolute atomic E-state index is 13.1. The van der Waals surface area contributed by atoms with Gasteiger partial charge in [-0.3, -0.25) is 14.4 Å². The van der Waals surface area contributed by atoms with Crippen molar-refractivity contribution in [2.75, 3.05) is 19.5 Å². The Hall–Kier alpha value is -4.46. The molecule has 172 valence electrons. The second-order valence-electron chi connectivity index (χ2n) is 7.63. The Morgan fingerprint density at radius 3 is 2.47 bits per heavy atom. The highest BCUT2D eigenvalue weighted by atomic mass is 16.5. The average Bonchev–Trinajstić information content (AvgIpc) is 2.85. The summed E-state index contributed by atoms with van der Waals surface area (Å²) in [5, 5.41) is 3.07. The summed E-state index contributed by atoms with van der Waals surface area (Å²) in [7, 11) is 3.03. The van der Waals surface area contributed by atoms with Crippen molar-refractivity contribution in [2.45, 2.75) is 13.5 Å². The Labute approximate surface area is 195 Å². The summed E-state index contributed by atoms with van der Waals surface area (Å²) in [6.07, 6.45) is 1.40. The van der Waals surface area contributed by atoms with Gasteiger partial charge in [-0.25, -0.2) is 4.98 Å². The second kappa shape index (κ2) is 9.58. The number of carbonyl (C=O) groups excluding carboxylic acids is 2. The number of nitrogens with one attached hydrogen (secondary N) is 1. The van der Waals surface area contributed by atoms with Gasteiger partial charge in [0, 0.05) is 23.5 Å². The maximum Gasteiger partial charge on any atom is 0.244 e. The van der Waals surface area contributed by atoms with E-state index in [9.17, 15) is 14.4 Å². The smallest absolute Gasteiger partial charge is 0.244 e. The number of benzene rings is 2. The first-order valence-corrected chi connectivity index (χ1v) is 10.5. The summed E-state index contributed by atoms with van der Waals surface area (Å²) < 4.78 is 12.1. The molecule has 2 heterocycles. The number of hydrogen-bond acceptors (Lipinski definition) is 6. The third-order valence-corrected chi connectivity index (χ3v) is 5.34. The zero-order chi connectivity index (χ0) is 24.2. The predicted molar refractivity (Wildman–Crippen MR) is 129 cm³/mol. The number of aryl methyl sites for hydroxylation is 1. The summed E-state index contributed by atoms with van der Waals surface area (Å²) in [5.41, 5.74) is 1.36. The van der Waals surface area contributed by atoms with Crippen molar-refractivity contribution < 1.29 is 19.1 Å². The van der Waals surface area contributed by atoms with Gasteiger partial charge in [0.2, 0.25) is 11.3 Å². The predicted octanol–water partition coefficient (Wildman–Crippen LogP) is 3.59. The molecular weight excluding hydrogens is 434 g/mol. The minimum absolute atomic E-state index is 0.0314. The maximum atomic E-state index is 13.1. The Morgan fingerprint density at radius 2 is 1.76 bits per heavy atom. The number of nitrogens with zero attached hydrogens (tertiary/aromatic N) is 2. The van der Waals surface area contributed by atoms with Gasteiger partial charge in [-0.1, -0.05) is 30.3 Å². The van der Waals surface area contributed by atoms with Crippen molar-refractivity contribution in [1.82, 2.24) is 9.55 Å². The Morgan fingerprint density at radius 1 is 1.00 bits per heavy atom. The van der Waals surface area contributed by atoms with Crippen molar-refractivity contribution in [3.05, 3.63) is 93.9 Å². The lowest BCUT2D eigenvalue weighted by Crippen LogP contribution is -2.25. The van der Waals surface area contributed by atoms with E-state index in [-0.39, 0.29) is 17.5 Å². The zero-order valence-corrected chi connectivity index (χ0v) is 19.0. The SMILES string of the molecule is COc1ccc(OC)c(NC(=O)Cn2cc(C(=O)c3ccccc3)c(=O)c3ccc(C)nc32)c1. The van der Waals surface area contributed by atoms with Crippen LogP contribution in [0.5, 0.6) is 11.5 Å². The minimum Gasteiger partial charge on any atom is -0.497 e. The fraction of sp³-hybridized carbons (Fsp3) is 0.154. The first kappa shape index (κ1) is 22.7. The quantitative estimate of drug-likeness (QED) is 0.426. The average molecular weight is 457 g/mol. The zero-order valence-electron chi connectivity index (χ0n) is 19.0. The van der Waals surface area contributed by atoms with Crippen LogP contribution in [0.2, 0.25) is 0 Å². The number of anilines is 1. The molecule has 0 aliphatic heterocycles. The lowest BCUT2D eigenvalue weighted by atomic mass is 10.0. The van der Waals surface area contributed by atoms with Crippen LogP contribution in [0.25, 0.3) is 11.0 Å². The van der Waals surface area contributed by atoms with Crippen molar-refractivity contribution in [3.63, 3.8) is 0 Å². The minimum atomic E-state index is -0.428. The highest BCUT2D eigenvalue weighted by Crippen LogP contribution is 2.29. The summed E-state index contributed by atoms with van der Waals surface area (Å²) in [6, 6.07) is 16.9. The molecule has 4 aromatic rings. The van der Waals surface area contributed by atoms with Crippen LogP contribution in [0.15, 0.2) is 71.7 Å². The van der Waals surface area contributed by atoms with E-state index >= 15 is 0 Å². The number of methoxy groups -OCH3 is 2. The molecular formula is C26H23N3O5. The monoisotopic (exact) mass is 457 g/mol. The normalized spacial score (nSPS) is 10.7. The largest absolute Gasteiger partial charge is 0.497 e. The van der Waals surface area contributed by atoms with E-state index in [1.165, 1.54) is 25.0 Å². The molecule has 1 amide bonds. The Bertz CT molecular complexity index is 1440. The van der Waals surface area contributed by atoms with Crippen molar-refractivity contribution in [2.24, 2.45) is 0 Å². The van der Waals surface area contributed by atoms with E-state index in [0.29, 0.717) is 34.1 Å². The number of ether oxygens (including phenoxy) is 2. The van der Waals surface area contributed by atoms with Crippen LogP contribution in [0.3, 0.4) is 0 Å². The molecule has 0 fully saturated rings. The molecule has 34 heavy (non-hydrogen) atoms. The number of rotatable bonds is 7. The molecule has 4 rings (SSSR count). The van der Waals surface area contributed by atoms with E-state index in [1.807, 2.05) is 0 Å². The second-order valence-corrected chi connectivity index (χ2v) is 7.63. The number of amides is 1. The van der Waals surface area contributed by atoms with E-state index in [0.717, 1.165) is 0 Å². The fourth-order valence-electron chi connectivity index (χ4n) is 3.64. The van der Waals surface area contributed by atoms with Gasteiger partial charge >= 0.3 is 0 Å². The molecule has 0 saturated heterocycles. The Kier molecular flexibility index (Phi) is 6.40. The van der Waals surface area contributed by atoms with E-state index in [1.54, 1.807) is 67.6 Å². The van der Waals surface area contributed by atoms with Crippen LogP contribution >= 0.6 is 0 Å². The van der Waals surface area contributed by atoms with Gasteiger partial charge in [0.05, 0.1) is 30.9 Å². The Balaban J connectivity index is 1.75. The van der Waals surface area contributed by atoms with Gasteiger partial charge in [0.15, 0.2) is 5.78 Å². The molecule has 1 N–H and O–H groups in total. The molecule has 0 aliphatic carbocycles. The van der Waals surface area contributed by atoms with Crippen LogP contribution in [-0.4, -0.2) is 35.5 Å². The van der Waals surface area contributed by atoms with E-state index in [2.05, 4.69) is 10.3 Å². The number of pyridine rings is 2. The van der Waals surface area contributed by atoms with Gasteiger partial charge in [0.1, 0.15) is 23.7 Å². The van der Waals surface area contributed by atoms with Crippen molar-refractivity contribution in [1.29, 1.82) is 0 Å². The summed E-state index contributed by atoms with van der Waals surface area (Å²) in [6.45, 7) is 1.61. The highest BCUT2D eigenvalue weighted by Gasteiger charge is 2.19. The number of ketones is 1. The molecule has 0 radical (unpaired) electrons. The summed E-state index contributed by atoms with van der Waals surface area (Å²) >= 11 is 0. The molecule has 0 aliphatic rings. The van der Waals surface area contributed by atoms with Gasteiger partial charge in [0.25, 0.3) is 0 Å². The van der Waals surface area contributed by atoms with Gasteiger partial charge in [-0.05, 0) is 31.2 Å². The number of aromatic nitrogens is 2. The molecule has 2 aromatic carbocycles. The molecule has 2 aromatic heterocycles. The molecule has 0 bridgehead atoms. The first-order valence-electron chi connectivity index (χ1n) is 10.5. The molecule has 8 heteroatoms. The lowest BCUT2D eigenvalue weighted by molar-refractivity contribution is -0.116. The molecule has 0 unspecified atom stereocenters. The number of fused-ring (bicyclic) bond motifs is 1. The number of carbonyl (C=O) groups is 2.